The SMILES string of the molecule is c1ccc(-c2cccc(-c3cccc(-c4ccccc4)c3-n3c4ccc(-n5c6ccccc6c6c(-c7ccccc7)cccc65)cc4c4c([Si](c5ccccc5)(c5ccccc5)c5ccccc5)cccc43)c2)cc1. The van der Waals surface area contributed by atoms with Gasteiger partial charge in [0.05, 0.1) is 27.8 Å². The molecular weight excluding hydrogens is 921 g/mol. The van der Waals surface area contributed by atoms with E-state index >= 15 is 0 Å². The van der Waals surface area contributed by atoms with E-state index in [4.69, 9.17) is 0 Å². The fraction of sp³-hybridized carbons (Fsp3) is 0. The lowest BCUT2D eigenvalue weighted by molar-refractivity contribution is 1.17. The molecule has 0 amide bonds. The molecule has 0 aliphatic heterocycles. The molecule has 0 spiro atoms. The molecule has 0 N–H and O–H groups in total. The zero-order chi connectivity index (χ0) is 49.7. The Morgan fingerprint density at radius 2 is 0.667 bits per heavy atom. The molecule has 2 aromatic heterocycles. The van der Waals surface area contributed by atoms with Crippen LogP contribution >= 0.6 is 0 Å². The second-order valence-corrected chi connectivity index (χ2v) is 23.3. The average Bonchev–Trinajstić information content (AvgIpc) is 4.03. The first kappa shape index (κ1) is 44.2. The first-order valence-corrected chi connectivity index (χ1v) is 27.9. The number of hydrogen-bond donors (Lipinski definition) is 0. The molecule has 352 valence electrons. The molecule has 14 aromatic rings. The molecule has 3 heteroatoms. The van der Waals surface area contributed by atoms with E-state index in [0.29, 0.717) is 0 Å². The largest absolute Gasteiger partial charge is 0.309 e. The van der Waals surface area contributed by atoms with Gasteiger partial charge in [-0.15, -0.1) is 0 Å². The molecular formula is C72H50N2Si. The first-order valence-electron chi connectivity index (χ1n) is 25.9. The minimum Gasteiger partial charge on any atom is -0.309 e. The van der Waals surface area contributed by atoms with Crippen LogP contribution in [0.5, 0.6) is 0 Å². The number of fused-ring (bicyclic) bond motifs is 6. The summed E-state index contributed by atoms with van der Waals surface area (Å²) in [6.07, 6.45) is 0. The highest BCUT2D eigenvalue weighted by Gasteiger charge is 2.43. The number of benzene rings is 12. The molecule has 0 aliphatic rings. The Labute approximate surface area is 438 Å². The van der Waals surface area contributed by atoms with E-state index in [1.807, 2.05) is 0 Å². The monoisotopic (exact) mass is 970 g/mol. The number of nitrogens with zero attached hydrogens (tertiary/aromatic N) is 2. The third kappa shape index (κ3) is 7.23. The zero-order valence-electron chi connectivity index (χ0n) is 41.3. The van der Waals surface area contributed by atoms with Crippen molar-refractivity contribution in [1.82, 2.24) is 9.13 Å². The van der Waals surface area contributed by atoms with E-state index < -0.39 is 8.07 Å². The van der Waals surface area contributed by atoms with Crippen LogP contribution in [-0.2, 0) is 0 Å². The molecule has 0 aliphatic carbocycles. The summed E-state index contributed by atoms with van der Waals surface area (Å²) in [6, 6.07) is 113. The van der Waals surface area contributed by atoms with Crippen molar-refractivity contribution in [3.63, 3.8) is 0 Å². The van der Waals surface area contributed by atoms with E-state index in [-0.39, 0.29) is 0 Å². The Hall–Kier alpha value is -9.54. The van der Waals surface area contributed by atoms with Gasteiger partial charge in [0.2, 0.25) is 0 Å². The third-order valence-corrected chi connectivity index (χ3v) is 20.3. The summed E-state index contributed by atoms with van der Waals surface area (Å²) in [5.74, 6) is 0. The van der Waals surface area contributed by atoms with Gasteiger partial charge < -0.3 is 9.13 Å². The van der Waals surface area contributed by atoms with Crippen LogP contribution in [0.3, 0.4) is 0 Å². The van der Waals surface area contributed by atoms with E-state index in [1.165, 1.54) is 81.1 Å². The summed E-state index contributed by atoms with van der Waals surface area (Å²) in [4.78, 5) is 0. The van der Waals surface area contributed by atoms with Gasteiger partial charge in [-0.25, -0.2) is 0 Å². The van der Waals surface area contributed by atoms with Gasteiger partial charge in [-0.3, -0.25) is 0 Å². The maximum Gasteiger partial charge on any atom is 0.180 e. The van der Waals surface area contributed by atoms with Crippen LogP contribution in [0.2, 0.25) is 0 Å². The van der Waals surface area contributed by atoms with Crippen molar-refractivity contribution in [3.8, 4) is 55.9 Å². The average molecular weight is 971 g/mol. The maximum absolute atomic E-state index is 3.11. The Balaban J connectivity index is 1.15. The van der Waals surface area contributed by atoms with Gasteiger partial charge >= 0.3 is 0 Å². The molecule has 0 saturated heterocycles. The lowest BCUT2D eigenvalue weighted by Gasteiger charge is -2.35. The molecule has 75 heavy (non-hydrogen) atoms. The summed E-state index contributed by atoms with van der Waals surface area (Å²) < 4.78 is 5.10. The molecule has 2 nitrogen and oxygen atoms in total. The van der Waals surface area contributed by atoms with Gasteiger partial charge in [0.1, 0.15) is 0 Å². The van der Waals surface area contributed by atoms with Crippen molar-refractivity contribution in [2.24, 2.45) is 0 Å². The fourth-order valence-corrected chi connectivity index (χ4v) is 17.3. The second kappa shape index (κ2) is 18.5. The first-order chi connectivity index (χ1) is 37.3. The quantitative estimate of drug-likeness (QED) is 0.0955. The van der Waals surface area contributed by atoms with Crippen LogP contribution in [0.15, 0.2) is 303 Å². The van der Waals surface area contributed by atoms with Crippen molar-refractivity contribution in [1.29, 1.82) is 0 Å². The van der Waals surface area contributed by atoms with Gasteiger partial charge in [0.25, 0.3) is 0 Å². The highest BCUT2D eigenvalue weighted by molar-refractivity contribution is 7.20. The van der Waals surface area contributed by atoms with Gasteiger partial charge in [-0.2, -0.15) is 0 Å². The summed E-state index contributed by atoms with van der Waals surface area (Å²) >= 11 is 0. The lowest BCUT2D eigenvalue weighted by atomic mass is 9.93. The minimum atomic E-state index is -3.11. The minimum absolute atomic E-state index is 1.12. The predicted octanol–water partition coefficient (Wildman–Crippen LogP) is 15.9. The fourth-order valence-electron chi connectivity index (χ4n) is 12.3. The van der Waals surface area contributed by atoms with Crippen molar-refractivity contribution in [2.45, 2.75) is 0 Å². The highest BCUT2D eigenvalue weighted by atomic mass is 28.3. The molecule has 0 bridgehead atoms. The normalized spacial score (nSPS) is 11.7. The Kier molecular flexibility index (Phi) is 10.9. The van der Waals surface area contributed by atoms with Crippen molar-refractivity contribution >= 4 is 72.4 Å². The second-order valence-electron chi connectivity index (χ2n) is 19.5. The predicted molar refractivity (Wildman–Crippen MR) is 320 cm³/mol. The third-order valence-electron chi connectivity index (χ3n) is 15.5. The Morgan fingerprint density at radius 1 is 0.240 bits per heavy atom. The van der Waals surface area contributed by atoms with Gasteiger partial charge in [-0.05, 0) is 96.6 Å². The van der Waals surface area contributed by atoms with Crippen LogP contribution in [0, 0.1) is 0 Å². The standard InChI is InChI=1S/C72H50N2Si/c1-7-25-51(26-8-1)54-31-21-32-55(49-54)62-42-22-41-61(53-29-11-3-12-30-53)72(62)74-66-48-47-56(73-65-43-20-19-39-63(65)70-60(40-23-44-67(70)73)52-27-9-2-10-28-52)50-64(66)71-68(74)45-24-46-69(71)75(57-33-13-4-14-34-57,58-35-15-5-16-36-58)59-37-17-6-18-38-59/h1-50H. The van der Waals surface area contributed by atoms with Crippen LogP contribution in [0.4, 0.5) is 0 Å². The molecule has 2 heterocycles. The molecule has 0 atom stereocenters. The van der Waals surface area contributed by atoms with E-state index in [2.05, 4.69) is 312 Å². The van der Waals surface area contributed by atoms with Crippen LogP contribution in [0.1, 0.15) is 0 Å². The molecule has 14 rings (SSSR count). The Morgan fingerprint density at radius 3 is 1.29 bits per heavy atom. The smallest absolute Gasteiger partial charge is 0.180 e. The van der Waals surface area contributed by atoms with E-state index in [0.717, 1.165) is 39.1 Å². The van der Waals surface area contributed by atoms with E-state index in [1.54, 1.807) is 0 Å². The van der Waals surface area contributed by atoms with Crippen molar-refractivity contribution in [3.05, 3.63) is 303 Å². The highest BCUT2D eigenvalue weighted by Crippen LogP contribution is 2.44. The number of aromatic nitrogens is 2. The molecule has 0 radical (unpaired) electrons. The molecule has 12 aromatic carbocycles. The summed E-state index contributed by atoms with van der Waals surface area (Å²) in [5.41, 5.74) is 16.4. The molecule has 0 saturated carbocycles. The van der Waals surface area contributed by atoms with Crippen LogP contribution in [0.25, 0.3) is 99.5 Å². The number of para-hydroxylation sites is 2. The van der Waals surface area contributed by atoms with Crippen LogP contribution < -0.4 is 20.7 Å². The maximum atomic E-state index is 2.60. The van der Waals surface area contributed by atoms with Gasteiger partial charge in [0, 0.05) is 38.4 Å². The lowest BCUT2D eigenvalue weighted by Crippen LogP contribution is -2.74. The zero-order valence-corrected chi connectivity index (χ0v) is 42.3. The number of hydrogen-bond acceptors (Lipinski definition) is 0. The van der Waals surface area contributed by atoms with E-state index in [9.17, 15) is 0 Å². The summed E-state index contributed by atoms with van der Waals surface area (Å²) in [6.45, 7) is 0. The Bertz CT molecular complexity index is 4280. The van der Waals surface area contributed by atoms with Gasteiger partial charge in [-0.1, -0.05) is 261 Å². The number of rotatable bonds is 10. The molecule has 0 unspecified atom stereocenters. The summed E-state index contributed by atoms with van der Waals surface area (Å²) in [5, 5.41) is 10.3. The topological polar surface area (TPSA) is 9.86 Å². The van der Waals surface area contributed by atoms with Gasteiger partial charge in [0.15, 0.2) is 8.07 Å². The molecule has 0 fully saturated rings. The summed E-state index contributed by atoms with van der Waals surface area (Å²) in [7, 11) is -3.11. The van der Waals surface area contributed by atoms with Crippen LogP contribution in [-0.4, -0.2) is 17.2 Å². The van der Waals surface area contributed by atoms with Crippen molar-refractivity contribution in [2.75, 3.05) is 0 Å². The van der Waals surface area contributed by atoms with Crippen molar-refractivity contribution < 1.29 is 0 Å².